The Hall–Kier alpha value is -2.09. The van der Waals surface area contributed by atoms with Gasteiger partial charge in [0.15, 0.2) is 6.10 Å². The van der Waals surface area contributed by atoms with Crippen LogP contribution in [0.2, 0.25) is 0 Å². The molecule has 0 saturated carbocycles. The quantitative estimate of drug-likeness (QED) is 0.766. The van der Waals surface area contributed by atoms with Crippen LogP contribution in [0.3, 0.4) is 0 Å². The van der Waals surface area contributed by atoms with Crippen LogP contribution in [-0.4, -0.2) is 53.0 Å². The summed E-state index contributed by atoms with van der Waals surface area (Å²) < 4.78 is 9.65. The summed E-state index contributed by atoms with van der Waals surface area (Å²) in [4.78, 5) is 23.9. The number of ether oxygens (including phenoxy) is 1. The maximum Gasteiger partial charge on any atom is 0.334 e. The molecule has 2 amide bonds. The fraction of sp³-hybridized carbons (Fsp3) is 0.500. The topological polar surface area (TPSA) is 105 Å². The van der Waals surface area contributed by atoms with Crippen molar-refractivity contribution < 1.29 is 24.0 Å². The number of urea groups is 1. The van der Waals surface area contributed by atoms with Crippen molar-refractivity contribution in [1.29, 1.82) is 0 Å². The van der Waals surface area contributed by atoms with Gasteiger partial charge in [-0.05, 0) is 0 Å². The van der Waals surface area contributed by atoms with Gasteiger partial charge in [-0.1, -0.05) is 5.16 Å². The normalized spacial score (nSPS) is 19.6. The maximum absolute atomic E-state index is 11.8. The molecule has 8 nitrogen and oxygen atoms in total. The number of aromatic nitrogens is 1. The molecule has 2 N–H and O–H groups in total. The second-order valence-electron chi connectivity index (χ2n) is 3.79. The van der Waals surface area contributed by atoms with Crippen molar-refractivity contribution in [2.75, 3.05) is 19.7 Å². The van der Waals surface area contributed by atoms with Crippen LogP contribution < -0.4 is 5.32 Å². The summed E-state index contributed by atoms with van der Waals surface area (Å²) >= 11 is 0. The van der Waals surface area contributed by atoms with Crippen molar-refractivity contribution in [3.8, 4) is 0 Å². The summed E-state index contributed by atoms with van der Waals surface area (Å²) in [6.45, 7) is 0.868. The van der Waals surface area contributed by atoms with Gasteiger partial charge >= 0.3 is 12.0 Å². The van der Waals surface area contributed by atoms with Gasteiger partial charge in [0.1, 0.15) is 12.0 Å². The number of morpholine rings is 1. The minimum Gasteiger partial charge on any atom is -0.479 e. The molecule has 1 aliphatic heterocycles. The lowest BCUT2D eigenvalue weighted by Crippen LogP contribution is -2.51. The summed E-state index contributed by atoms with van der Waals surface area (Å²) in [5.41, 5.74) is 0.603. The Bertz CT molecular complexity index is 419. The van der Waals surface area contributed by atoms with E-state index in [9.17, 15) is 9.59 Å². The van der Waals surface area contributed by atoms with E-state index in [2.05, 4.69) is 15.0 Å². The number of carbonyl (C=O) groups is 2. The van der Waals surface area contributed by atoms with E-state index in [4.69, 9.17) is 9.84 Å². The number of carboxylic acids is 1. The number of carboxylic acid groups (broad SMARTS) is 1. The third-order valence-electron chi connectivity index (χ3n) is 2.54. The van der Waals surface area contributed by atoms with Crippen molar-refractivity contribution in [3.63, 3.8) is 0 Å². The minimum atomic E-state index is -1.07. The summed E-state index contributed by atoms with van der Waals surface area (Å²) in [5.74, 6) is -1.07. The van der Waals surface area contributed by atoms with E-state index < -0.39 is 12.1 Å². The highest BCUT2D eigenvalue weighted by atomic mass is 16.5. The van der Waals surface area contributed by atoms with Crippen molar-refractivity contribution in [2.24, 2.45) is 0 Å². The molecule has 0 aromatic carbocycles. The van der Waals surface area contributed by atoms with Gasteiger partial charge in [0.2, 0.25) is 0 Å². The number of hydrogen-bond acceptors (Lipinski definition) is 5. The number of nitrogens with zero attached hydrogens (tertiary/aromatic N) is 2. The van der Waals surface area contributed by atoms with E-state index in [0.29, 0.717) is 12.2 Å². The monoisotopic (exact) mass is 255 g/mol. The van der Waals surface area contributed by atoms with Crippen LogP contribution in [0.25, 0.3) is 0 Å². The summed E-state index contributed by atoms with van der Waals surface area (Å²) in [6.07, 6.45) is 0.452. The third kappa shape index (κ3) is 2.98. The van der Waals surface area contributed by atoms with Crippen LogP contribution in [0, 0.1) is 0 Å². The van der Waals surface area contributed by atoms with Crippen LogP contribution in [0.15, 0.2) is 16.9 Å². The number of nitrogens with one attached hydrogen (secondary N) is 1. The zero-order valence-electron chi connectivity index (χ0n) is 9.54. The largest absolute Gasteiger partial charge is 0.479 e. The fourth-order valence-corrected chi connectivity index (χ4v) is 1.59. The first-order valence-electron chi connectivity index (χ1n) is 5.43. The zero-order valence-corrected chi connectivity index (χ0v) is 9.54. The molecule has 1 atom stereocenters. The molecule has 1 aliphatic rings. The molecule has 8 heteroatoms. The van der Waals surface area contributed by atoms with E-state index in [0.717, 1.165) is 0 Å². The van der Waals surface area contributed by atoms with Crippen LogP contribution in [0.4, 0.5) is 4.79 Å². The lowest BCUT2D eigenvalue weighted by Gasteiger charge is -2.30. The molecule has 1 unspecified atom stereocenters. The van der Waals surface area contributed by atoms with E-state index in [1.807, 2.05) is 0 Å². The molecule has 0 aliphatic carbocycles. The molecular weight excluding hydrogens is 242 g/mol. The van der Waals surface area contributed by atoms with Crippen LogP contribution in [-0.2, 0) is 16.1 Å². The number of rotatable bonds is 3. The summed E-state index contributed by atoms with van der Waals surface area (Å²) in [5, 5.41) is 15.1. The molecule has 1 saturated heterocycles. The molecular formula is C10H13N3O5. The fourth-order valence-electron chi connectivity index (χ4n) is 1.59. The van der Waals surface area contributed by atoms with E-state index in [-0.39, 0.29) is 25.7 Å². The van der Waals surface area contributed by atoms with Gasteiger partial charge in [-0.15, -0.1) is 0 Å². The molecule has 2 rings (SSSR count). The van der Waals surface area contributed by atoms with Crippen molar-refractivity contribution in [3.05, 3.63) is 18.0 Å². The minimum absolute atomic E-state index is 0.0416. The van der Waals surface area contributed by atoms with Gasteiger partial charge in [0, 0.05) is 12.6 Å². The average molecular weight is 255 g/mol. The Morgan fingerprint density at radius 2 is 2.44 bits per heavy atom. The SMILES string of the molecule is O=C(O)C1CN(C(=O)NCc2ccon2)CCO1. The van der Waals surface area contributed by atoms with Gasteiger partial charge in [0.05, 0.1) is 19.7 Å². The van der Waals surface area contributed by atoms with E-state index in [1.165, 1.54) is 11.2 Å². The second kappa shape index (κ2) is 5.50. The van der Waals surface area contributed by atoms with E-state index >= 15 is 0 Å². The molecule has 1 fully saturated rings. The predicted octanol–water partition coefficient (Wildman–Crippen LogP) is -0.330. The number of hydrogen-bond donors (Lipinski definition) is 2. The number of carbonyl (C=O) groups excluding carboxylic acids is 1. The number of amides is 2. The van der Waals surface area contributed by atoms with E-state index in [1.54, 1.807) is 6.07 Å². The maximum atomic E-state index is 11.8. The highest BCUT2D eigenvalue weighted by Crippen LogP contribution is 2.06. The first-order valence-corrected chi connectivity index (χ1v) is 5.43. The Labute approximate surface area is 102 Å². The highest BCUT2D eigenvalue weighted by molar-refractivity contribution is 5.77. The van der Waals surface area contributed by atoms with Gasteiger partial charge in [0.25, 0.3) is 0 Å². The summed E-state index contributed by atoms with van der Waals surface area (Å²) in [7, 11) is 0. The Morgan fingerprint density at radius 3 is 3.11 bits per heavy atom. The lowest BCUT2D eigenvalue weighted by molar-refractivity contribution is -0.154. The Balaban J connectivity index is 1.83. The smallest absolute Gasteiger partial charge is 0.334 e. The van der Waals surface area contributed by atoms with Crippen LogP contribution >= 0.6 is 0 Å². The average Bonchev–Trinajstić information content (AvgIpc) is 2.89. The van der Waals surface area contributed by atoms with Crippen molar-refractivity contribution >= 4 is 12.0 Å². The molecule has 98 valence electrons. The lowest BCUT2D eigenvalue weighted by atomic mass is 10.3. The highest BCUT2D eigenvalue weighted by Gasteiger charge is 2.28. The molecule has 1 aromatic heterocycles. The van der Waals surface area contributed by atoms with Gasteiger partial charge in [-0.3, -0.25) is 0 Å². The number of aliphatic carboxylic acids is 1. The van der Waals surface area contributed by atoms with Crippen LogP contribution in [0.5, 0.6) is 0 Å². The predicted molar refractivity (Wildman–Crippen MR) is 57.7 cm³/mol. The first kappa shape index (κ1) is 12.4. The van der Waals surface area contributed by atoms with Gasteiger partial charge in [-0.25, -0.2) is 9.59 Å². The molecule has 0 radical (unpaired) electrons. The first-order chi connectivity index (χ1) is 8.66. The Morgan fingerprint density at radius 1 is 1.61 bits per heavy atom. The van der Waals surface area contributed by atoms with Crippen LogP contribution in [0.1, 0.15) is 5.69 Å². The zero-order chi connectivity index (χ0) is 13.0. The molecule has 2 heterocycles. The van der Waals surface area contributed by atoms with Crippen molar-refractivity contribution in [2.45, 2.75) is 12.6 Å². The third-order valence-corrected chi connectivity index (χ3v) is 2.54. The van der Waals surface area contributed by atoms with Gasteiger partial charge in [-0.2, -0.15) is 0 Å². The standard InChI is InChI=1S/C10H13N3O5/c14-9(15)8-6-13(2-4-17-8)10(16)11-5-7-1-3-18-12-7/h1,3,8H,2,4-6H2,(H,11,16)(H,14,15). The molecule has 18 heavy (non-hydrogen) atoms. The molecule has 0 bridgehead atoms. The van der Waals surface area contributed by atoms with Crippen molar-refractivity contribution in [1.82, 2.24) is 15.4 Å². The van der Waals surface area contributed by atoms with Gasteiger partial charge < -0.3 is 24.6 Å². The summed E-state index contributed by atoms with van der Waals surface area (Å²) in [6, 6.07) is 1.30. The molecule has 0 spiro atoms. The Kier molecular flexibility index (Phi) is 3.78. The molecule has 1 aromatic rings. The second-order valence-corrected chi connectivity index (χ2v) is 3.79.